The molecule has 0 radical (unpaired) electrons. The molecule has 1 aromatic heterocycles. The largest absolute Gasteiger partial charge is 0.496 e. The van der Waals surface area contributed by atoms with E-state index in [2.05, 4.69) is 32.6 Å². The molecule has 4 fully saturated rings. The summed E-state index contributed by atoms with van der Waals surface area (Å²) in [6, 6.07) is 16.6. The van der Waals surface area contributed by atoms with Crippen LogP contribution in [0.1, 0.15) is 42.5 Å². The lowest BCUT2D eigenvalue weighted by Crippen LogP contribution is -2.69. The second kappa shape index (κ2) is 12.7. The Bertz CT molecular complexity index is 2130. The predicted octanol–water partition coefficient (Wildman–Crippen LogP) is 5.70. The van der Waals surface area contributed by atoms with Gasteiger partial charge in [0.1, 0.15) is 11.4 Å². The number of benzene rings is 3. The number of nitrogens with zero attached hydrogens (tertiary/aromatic N) is 4. The van der Waals surface area contributed by atoms with Crippen LogP contribution in [0.4, 0.5) is 0 Å². The van der Waals surface area contributed by atoms with Gasteiger partial charge in [0.15, 0.2) is 0 Å². The molecule has 12 heteroatoms. The van der Waals surface area contributed by atoms with Crippen molar-refractivity contribution in [2.24, 2.45) is 0 Å². The normalized spacial score (nSPS) is 21.5. The summed E-state index contributed by atoms with van der Waals surface area (Å²) in [5.74, 6) is 1.62. The van der Waals surface area contributed by atoms with Crippen molar-refractivity contribution in [1.29, 1.82) is 0 Å². The van der Waals surface area contributed by atoms with E-state index in [0.717, 1.165) is 91.1 Å². The summed E-state index contributed by atoms with van der Waals surface area (Å²) in [6.45, 7) is 3.97. The van der Waals surface area contributed by atoms with E-state index in [4.69, 9.17) is 42.6 Å². The fourth-order valence-electron chi connectivity index (χ4n) is 9.12. The number of halogens is 2. The van der Waals surface area contributed by atoms with Crippen LogP contribution < -0.4 is 20.1 Å². The SMILES string of the molecule is COc1cc(-c2cccc(-c3cccc(-c4cnc(CN5CC6(CCC(=O)N6)C5)c(OC)n4)c3Cl)c2Cl)cc2c1CC(N1CC3(CCC(=O)N3)C1)C2. The van der Waals surface area contributed by atoms with Gasteiger partial charge in [0.25, 0.3) is 0 Å². The molecule has 2 N–H and O–H groups in total. The Morgan fingerprint density at radius 3 is 2.10 bits per heavy atom. The second-order valence-corrected chi connectivity index (χ2v) is 15.9. The summed E-state index contributed by atoms with van der Waals surface area (Å²) in [5, 5.41) is 7.46. The van der Waals surface area contributed by atoms with Crippen LogP contribution in [0, 0.1) is 0 Å². The fourth-order valence-corrected chi connectivity index (χ4v) is 9.78. The van der Waals surface area contributed by atoms with Crippen LogP contribution in [-0.2, 0) is 29.0 Å². The van der Waals surface area contributed by atoms with Crippen LogP contribution in [0.2, 0.25) is 10.0 Å². The van der Waals surface area contributed by atoms with E-state index >= 15 is 0 Å². The Hall–Kier alpha value is -4.22. The summed E-state index contributed by atoms with van der Waals surface area (Å²) >= 11 is 14.4. The van der Waals surface area contributed by atoms with Gasteiger partial charge in [-0.3, -0.25) is 24.4 Å². The van der Waals surface area contributed by atoms with E-state index < -0.39 is 0 Å². The van der Waals surface area contributed by atoms with Gasteiger partial charge in [0, 0.05) is 73.9 Å². The molecule has 1 aliphatic carbocycles. The van der Waals surface area contributed by atoms with Gasteiger partial charge in [-0.2, -0.15) is 0 Å². The number of amides is 2. The average molecular weight is 740 g/mol. The van der Waals surface area contributed by atoms with Crippen molar-refractivity contribution >= 4 is 35.0 Å². The minimum absolute atomic E-state index is 0.0369. The summed E-state index contributed by atoms with van der Waals surface area (Å²) in [7, 11) is 3.32. The van der Waals surface area contributed by atoms with E-state index in [0.29, 0.717) is 47.0 Å². The highest BCUT2D eigenvalue weighted by molar-refractivity contribution is 6.39. The van der Waals surface area contributed by atoms with Crippen molar-refractivity contribution in [2.45, 2.75) is 62.2 Å². The first-order valence-electron chi connectivity index (χ1n) is 17.9. The molecule has 10 nitrogen and oxygen atoms in total. The molecule has 4 saturated heterocycles. The van der Waals surface area contributed by atoms with Gasteiger partial charge < -0.3 is 20.1 Å². The summed E-state index contributed by atoms with van der Waals surface area (Å²) < 4.78 is 11.6. The number of likely N-dealkylation sites (tertiary alicyclic amines) is 2. The van der Waals surface area contributed by atoms with E-state index in [1.807, 2.05) is 36.4 Å². The summed E-state index contributed by atoms with van der Waals surface area (Å²) in [5.41, 5.74) is 7.94. The molecule has 5 heterocycles. The van der Waals surface area contributed by atoms with Gasteiger partial charge in [0.05, 0.1) is 47.2 Å². The molecule has 9 rings (SSSR count). The number of carbonyl (C=O) groups is 2. The van der Waals surface area contributed by atoms with Gasteiger partial charge in [-0.1, -0.05) is 65.7 Å². The molecule has 5 aliphatic rings. The van der Waals surface area contributed by atoms with Crippen molar-refractivity contribution in [2.75, 3.05) is 40.4 Å². The standard InChI is InChI=1S/C40H40Cl2N6O4/c1-51-33-15-24(13-23-14-25(16-30(23)33)48-21-40(22-48)12-10-35(50)46-40)26-5-3-6-27(36(26)41)28-7-4-8-29(37(28)42)31-17-43-32(38(44-31)52-2)18-47-19-39(20-47)11-9-34(49)45-39/h3-8,13,15,17,25H,9-12,14,16,18-22H2,1-2H3,(H,45,49)(H,46,50). The molecule has 0 saturated carbocycles. The number of ether oxygens (including phenoxy) is 2. The molecule has 2 spiro atoms. The Morgan fingerprint density at radius 1 is 0.827 bits per heavy atom. The Labute approximate surface area is 312 Å². The molecule has 2 amide bonds. The zero-order chi connectivity index (χ0) is 35.8. The van der Waals surface area contributed by atoms with Crippen LogP contribution in [-0.4, -0.2) is 89.1 Å². The first-order chi connectivity index (χ1) is 25.1. The third kappa shape index (κ3) is 5.71. The number of hydrogen-bond acceptors (Lipinski definition) is 8. The fraction of sp³-hybridized carbons (Fsp3) is 0.400. The van der Waals surface area contributed by atoms with Crippen molar-refractivity contribution < 1.29 is 19.1 Å². The third-order valence-corrected chi connectivity index (χ3v) is 12.5. The lowest BCUT2D eigenvalue weighted by atomic mass is 9.86. The number of nitrogens with one attached hydrogen (secondary N) is 2. The molecular formula is C40H40Cl2N6O4. The highest BCUT2D eigenvalue weighted by Gasteiger charge is 2.50. The van der Waals surface area contributed by atoms with Crippen LogP contribution in [0.15, 0.2) is 54.7 Å². The zero-order valence-corrected chi connectivity index (χ0v) is 30.7. The Kier molecular flexibility index (Phi) is 8.22. The molecule has 0 bridgehead atoms. The Morgan fingerprint density at radius 2 is 1.46 bits per heavy atom. The van der Waals surface area contributed by atoms with Gasteiger partial charge in [-0.25, -0.2) is 4.98 Å². The van der Waals surface area contributed by atoms with Crippen LogP contribution in [0.5, 0.6) is 11.6 Å². The first-order valence-corrected chi connectivity index (χ1v) is 18.7. The van der Waals surface area contributed by atoms with E-state index in [1.165, 1.54) is 11.1 Å². The minimum atomic E-state index is -0.102. The summed E-state index contributed by atoms with van der Waals surface area (Å²) in [4.78, 5) is 38.0. The van der Waals surface area contributed by atoms with Gasteiger partial charge in [-0.15, -0.1) is 0 Å². The lowest BCUT2D eigenvalue weighted by molar-refractivity contribution is -0.121. The molecular weight excluding hydrogens is 699 g/mol. The van der Waals surface area contributed by atoms with Crippen molar-refractivity contribution in [3.05, 3.63) is 81.6 Å². The quantitative estimate of drug-likeness (QED) is 0.237. The number of fused-ring (bicyclic) bond motifs is 1. The van der Waals surface area contributed by atoms with Gasteiger partial charge in [-0.05, 0) is 48.4 Å². The maximum Gasteiger partial charge on any atom is 0.237 e. The van der Waals surface area contributed by atoms with E-state index in [9.17, 15) is 9.59 Å². The molecule has 1 atom stereocenters. The number of methoxy groups -OCH3 is 2. The molecule has 268 valence electrons. The first kappa shape index (κ1) is 33.6. The lowest BCUT2D eigenvalue weighted by Gasteiger charge is -2.50. The second-order valence-electron chi connectivity index (χ2n) is 15.1. The predicted molar refractivity (Wildman–Crippen MR) is 200 cm³/mol. The van der Waals surface area contributed by atoms with E-state index in [-0.39, 0.29) is 22.9 Å². The van der Waals surface area contributed by atoms with Crippen molar-refractivity contribution in [1.82, 2.24) is 30.4 Å². The third-order valence-electron chi connectivity index (χ3n) is 11.7. The summed E-state index contributed by atoms with van der Waals surface area (Å²) in [6.07, 6.45) is 6.60. The highest BCUT2D eigenvalue weighted by Crippen LogP contribution is 2.45. The molecule has 4 aliphatic heterocycles. The minimum Gasteiger partial charge on any atom is -0.496 e. The zero-order valence-electron chi connectivity index (χ0n) is 29.2. The average Bonchev–Trinajstić information content (AvgIpc) is 3.84. The number of carbonyl (C=O) groups excluding carboxylic acids is 2. The van der Waals surface area contributed by atoms with Crippen molar-refractivity contribution in [3.8, 4) is 45.1 Å². The van der Waals surface area contributed by atoms with Gasteiger partial charge >= 0.3 is 0 Å². The smallest absolute Gasteiger partial charge is 0.237 e. The molecule has 52 heavy (non-hydrogen) atoms. The number of rotatable bonds is 8. The maximum atomic E-state index is 11.9. The molecule has 3 aromatic carbocycles. The topological polar surface area (TPSA) is 109 Å². The van der Waals surface area contributed by atoms with Crippen molar-refractivity contribution in [3.63, 3.8) is 0 Å². The number of hydrogen-bond donors (Lipinski definition) is 2. The van der Waals surface area contributed by atoms with Crippen LogP contribution >= 0.6 is 23.2 Å². The molecule has 4 aromatic rings. The van der Waals surface area contributed by atoms with Crippen LogP contribution in [0.3, 0.4) is 0 Å². The Balaban J connectivity index is 0.960. The van der Waals surface area contributed by atoms with Gasteiger partial charge in [0.2, 0.25) is 17.7 Å². The number of aromatic nitrogens is 2. The maximum absolute atomic E-state index is 11.9. The monoisotopic (exact) mass is 738 g/mol. The highest BCUT2D eigenvalue weighted by atomic mass is 35.5. The van der Waals surface area contributed by atoms with E-state index in [1.54, 1.807) is 20.4 Å². The molecule has 1 unspecified atom stereocenters. The van der Waals surface area contributed by atoms with Crippen LogP contribution in [0.25, 0.3) is 33.5 Å².